The molecule has 1 aliphatic rings. The summed E-state index contributed by atoms with van der Waals surface area (Å²) in [5, 5.41) is 0. The highest BCUT2D eigenvalue weighted by atomic mass is 32.2. The average Bonchev–Trinajstić information content (AvgIpc) is 3.26. The fourth-order valence-electron chi connectivity index (χ4n) is 4.25. The average molecular weight is 493 g/mol. The second-order valence-electron chi connectivity index (χ2n) is 8.85. The normalized spacial score (nSPS) is 17.3. The molecule has 0 spiro atoms. The Kier molecular flexibility index (Phi) is 7.88. The lowest BCUT2D eigenvalue weighted by Crippen LogP contribution is -2.32. The molecule has 1 heterocycles. The van der Waals surface area contributed by atoms with Gasteiger partial charge in [0.2, 0.25) is 0 Å². The maximum Gasteiger partial charge on any atom is 0.254 e. The van der Waals surface area contributed by atoms with E-state index in [1.807, 2.05) is 80.3 Å². The van der Waals surface area contributed by atoms with Crippen LogP contribution in [0.25, 0.3) is 0 Å². The molecule has 1 amide bonds. The molecule has 1 N–H and O–H groups in total. The van der Waals surface area contributed by atoms with Gasteiger partial charge in [-0.3, -0.25) is 4.79 Å². The van der Waals surface area contributed by atoms with Crippen molar-refractivity contribution >= 4 is 23.5 Å². The van der Waals surface area contributed by atoms with Crippen LogP contribution in [0.15, 0.2) is 65.6 Å². The maximum absolute atomic E-state index is 13.3. The molecule has 1 fully saturated rings. The van der Waals surface area contributed by atoms with Crippen molar-refractivity contribution in [3.8, 4) is 11.5 Å². The topological polar surface area (TPSA) is 60.0 Å². The van der Waals surface area contributed by atoms with Crippen molar-refractivity contribution in [3.05, 3.63) is 82.9 Å². The van der Waals surface area contributed by atoms with E-state index in [0.29, 0.717) is 13.1 Å². The Balaban J connectivity index is 1.46. The minimum Gasteiger partial charge on any atom is -0.496 e. The van der Waals surface area contributed by atoms with Gasteiger partial charge < -0.3 is 23.8 Å². The molecule has 0 aromatic heterocycles. The van der Waals surface area contributed by atoms with E-state index in [-0.39, 0.29) is 18.1 Å². The van der Waals surface area contributed by atoms with E-state index in [4.69, 9.17) is 14.2 Å². The molecule has 184 valence electrons. The first-order chi connectivity index (χ1) is 16.9. The molecule has 0 saturated carbocycles. The smallest absolute Gasteiger partial charge is 0.254 e. The summed E-state index contributed by atoms with van der Waals surface area (Å²) < 4.78 is 20.9. The number of anilines is 1. The summed E-state index contributed by atoms with van der Waals surface area (Å²) in [7, 11) is 3.33. The van der Waals surface area contributed by atoms with Gasteiger partial charge >= 0.3 is 0 Å². The summed E-state index contributed by atoms with van der Waals surface area (Å²) >= 11 is 1.49. The second kappa shape index (κ2) is 11.1. The lowest BCUT2D eigenvalue weighted by molar-refractivity contribution is 0.0339. The molecule has 2 atom stereocenters. The standard InChI is InChI=1S/C28H32N2O4S/c1-18-10-11-20(3)23(14-18)28(31)30-16-25(33-5)26(17-30)34-22-13-19(2)12-21(15-22)29-35-27-9-7-6-8-24(27)32-4/h6-15,25-26,29H,16-17H2,1-5H3. The SMILES string of the molecule is COc1ccccc1SNc1cc(C)cc(OC2CN(C(=O)c3cc(C)ccc3C)CC2OC)c1. The molecule has 2 unspecified atom stereocenters. The Bertz CT molecular complexity index is 1200. The zero-order chi connectivity index (χ0) is 24.9. The Hall–Kier alpha value is -3.16. The summed E-state index contributed by atoms with van der Waals surface area (Å²) in [5.41, 5.74) is 4.77. The third-order valence-corrected chi connectivity index (χ3v) is 7.01. The number of nitrogens with zero attached hydrogens (tertiary/aromatic N) is 1. The van der Waals surface area contributed by atoms with Crippen LogP contribution in [0.3, 0.4) is 0 Å². The lowest BCUT2D eigenvalue weighted by Gasteiger charge is -2.20. The molecule has 0 aliphatic carbocycles. The van der Waals surface area contributed by atoms with Gasteiger partial charge in [0, 0.05) is 24.4 Å². The minimum atomic E-state index is -0.259. The Morgan fingerprint density at radius 3 is 2.49 bits per heavy atom. The van der Waals surface area contributed by atoms with E-state index < -0.39 is 0 Å². The number of ether oxygens (including phenoxy) is 3. The summed E-state index contributed by atoms with van der Waals surface area (Å²) in [6, 6.07) is 19.9. The van der Waals surface area contributed by atoms with Gasteiger partial charge in [0.25, 0.3) is 5.91 Å². The van der Waals surface area contributed by atoms with Crippen LogP contribution in [-0.2, 0) is 4.74 Å². The van der Waals surface area contributed by atoms with Crippen LogP contribution in [0.4, 0.5) is 5.69 Å². The zero-order valence-corrected chi connectivity index (χ0v) is 21.6. The van der Waals surface area contributed by atoms with E-state index >= 15 is 0 Å². The number of carbonyl (C=O) groups excluding carboxylic acids is 1. The van der Waals surface area contributed by atoms with Gasteiger partial charge in [0.1, 0.15) is 23.7 Å². The Morgan fingerprint density at radius 1 is 0.943 bits per heavy atom. The number of nitrogens with one attached hydrogen (secondary N) is 1. The van der Waals surface area contributed by atoms with Gasteiger partial charge in [-0.05, 0) is 74.2 Å². The monoisotopic (exact) mass is 492 g/mol. The summed E-state index contributed by atoms with van der Waals surface area (Å²) in [4.78, 5) is 16.1. The number of aryl methyl sites for hydroxylation is 3. The number of carbonyl (C=O) groups is 1. The molecule has 3 aromatic rings. The van der Waals surface area contributed by atoms with Crippen molar-refractivity contribution in [2.45, 2.75) is 37.9 Å². The molecule has 7 heteroatoms. The molecule has 3 aromatic carbocycles. The quantitative estimate of drug-likeness (QED) is 0.410. The van der Waals surface area contributed by atoms with Crippen molar-refractivity contribution in [2.75, 3.05) is 32.0 Å². The largest absolute Gasteiger partial charge is 0.496 e. The molecular weight excluding hydrogens is 460 g/mol. The highest BCUT2D eigenvalue weighted by Crippen LogP contribution is 2.32. The maximum atomic E-state index is 13.3. The summed E-state index contributed by atoms with van der Waals surface area (Å²) in [5.74, 6) is 1.57. The highest BCUT2D eigenvalue weighted by molar-refractivity contribution is 8.00. The van der Waals surface area contributed by atoms with Crippen molar-refractivity contribution < 1.29 is 19.0 Å². The van der Waals surface area contributed by atoms with E-state index in [9.17, 15) is 4.79 Å². The van der Waals surface area contributed by atoms with Crippen LogP contribution in [0.2, 0.25) is 0 Å². The van der Waals surface area contributed by atoms with E-state index in [1.165, 1.54) is 11.9 Å². The van der Waals surface area contributed by atoms with Crippen molar-refractivity contribution in [1.29, 1.82) is 0 Å². The van der Waals surface area contributed by atoms with Gasteiger partial charge in [0.15, 0.2) is 0 Å². The first-order valence-corrected chi connectivity index (χ1v) is 12.4. The van der Waals surface area contributed by atoms with E-state index in [2.05, 4.69) is 10.8 Å². The number of hydrogen-bond donors (Lipinski definition) is 1. The summed E-state index contributed by atoms with van der Waals surface area (Å²) in [6.45, 7) is 6.96. The predicted molar refractivity (Wildman–Crippen MR) is 141 cm³/mol. The van der Waals surface area contributed by atoms with Gasteiger partial charge in [-0.1, -0.05) is 29.8 Å². The van der Waals surface area contributed by atoms with Gasteiger partial charge in [-0.25, -0.2) is 0 Å². The molecule has 6 nitrogen and oxygen atoms in total. The number of rotatable bonds is 8. The molecule has 1 saturated heterocycles. The van der Waals surface area contributed by atoms with Crippen LogP contribution in [-0.4, -0.2) is 50.3 Å². The van der Waals surface area contributed by atoms with Crippen LogP contribution < -0.4 is 14.2 Å². The highest BCUT2D eigenvalue weighted by Gasteiger charge is 2.37. The Morgan fingerprint density at radius 2 is 1.71 bits per heavy atom. The molecule has 4 rings (SSSR count). The second-order valence-corrected chi connectivity index (χ2v) is 9.70. The number of para-hydroxylation sites is 1. The van der Waals surface area contributed by atoms with Gasteiger partial charge in [-0.15, -0.1) is 0 Å². The van der Waals surface area contributed by atoms with Crippen LogP contribution >= 0.6 is 11.9 Å². The molecule has 35 heavy (non-hydrogen) atoms. The number of methoxy groups -OCH3 is 2. The van der Waals surface area contributed by atoms with Crippen molar-refractivity contribution in [2.24, 2.45) is 0 Å². The fourth-order valence-corrected chi connectivity index (χ4v) is 5.00. The molecule has 1 aliphatic heterocycles. The number of hydrogen-bond acceptors (Lipinski definition) is 6. The zero-order valence-electron chi connectivity index (χ0n) is 20.8. The molecular formula is C28H32N2O4S. The van der Waals surface area contributed by atoms with E-state index in [1.54, 1.807) is 14.2 Å². The van der Waals surface area contributed by atoms with Gasteiger partial charge in [0.05, 0.1) is 25.1 Å². The van der Waals surface area contributed by atoms with Crippen LogP contribution in [0.1, 0.15) is 27.0 Å². The predicted octanol–water partition coefficient (Wildman–Crippen LogP) is 5.66. The number of amides is 1. The molecule has 0 bridgehead atoms. The van der Waals surface area contributed by atoms with Crippen molar-refractivity contribution in [1.82, 2.24) is 4.90 Å². The Labute approximate surface area is 211 Å². The lowest BCUT2D eigenvalue weighted by atomic mass is 10.0. The third-order valence-electron chi connectivity index (χ3n) is 6.12. The number of benzene rings is 3. The molecule has 0 radical (unpaired) electrons. The fraction of sp³-hybridized carbons (Fsp3) is 0.321. The summed E-state index contributed by atoms with van der Waals surface area (Å²) in [6.07, 6.45) is -0.463. The van der Waals surface area contributed by atoms with E-state index in [0.717, 1.165) is 44.3 Å². The first-order valence-electron chi connectivity index (χ1n) is 11.6. The van der Waals surface area contributed by atoms with Crippen LogP contribution in [0.5, 0.6) is 11.5 Å². The minimum absolute atomic E-state index is 0.0131. The van der Waals surface area contributed by atoms with Crippen molar-refractivity contribution in [3.63, 3.8) is 0 Å². The van der Waals surface area contributed by atoms with Crippen LogP contribution in [0, 0.1) is 20.8 Å². The first kappa shape index (κ1) is 24.9. The third kappa shape index (κ3) is 5.92. The number of likely N-dealkylation sites (tertiary alicyclic amines) is 1. The van der Waals surface area contributed by atoms with Gasteiger partial charge in [-0.2, -0.15) is 0 Å².